The highest BCUT2D eigenvalue weighted by atomic mass is 16.7. The van der Waals surface area contributed by atoms with E-state index in [4.69, 9.17) is 18.9 Å². The number of carbonyl (C=O) groups excluding carboxylic acids is 1. The van der Waals surface area contributed by atoms with Gasteiger partial charge in [0.1, 0.15) is 0 Å². The molecule has 1 aliphatic rings. The lowest BCUT2D eigenvalue weighted by molar-refractivity contribution is -0.117. The molecule has 0 saturated carbocycles. The Labute approximate surface area is 140 Å². The first kappa shape index (κ1) is 16.0. The number of amides is 1. The molecule has 0 aliphatic carbocycles. The summed E-state index contributed by atoms with van der Waals surface area (Å²) in [6.07, 6.45) is 0.255. The van der Waals surface area contributed by atoms with Crippen molar-refractivity contribution in [3.05, 3.63) is 42.0 Å². The summed E-state index contributed by atoms with van der Waals surface area (Å²) in [7, 11) is 4.89. The molecule has 0 N–H and O–H groups in total. The fourth-order valence-electron chi connectivity index (χ4n) is 2.52. The van der Waals surface area contributed by atoms with Crippen molar-refractivity contribution in [3.8, 4) is 23.0 Å². The maximum absolute atomic E-state index is 12.5. The first-order chi connectivity index (χ1) is 11.6. The predicted octanol–water partition coefficient (Wildman–Crippen LogP) is 2.64. The standard InChI is InChI=1S/C18H19NO5/c1-19(13-5-7-15-17(10-13)24-11-23-15)18(20)9-12-4-6-14(21-2)16(8-12)22-3/h4-8,10H,9,11H2,1-3H3. The summed E-state index contributed by atoms with van der Waals surface area (Å²) in [6.45, 7) is 0.210. The van der Waals surface area contributed by atoms with Crippen molar-refractivity contribution in [2.45, 2.75) is 6.42 Å². The topological polar surface area (TPSA) is 57.2 Å². The van der Waals surface area contributed by atoms with E-state index >= 15 is 0 Å². The summed E-state index contributed by atoms with van der Waals surface area (Å²) in [6, 6.07) is 10.9. The van der Waals surface area contributed by atoms with Crippen LogP contribution in [-0.4, -0.2) is 34.0 Å². The van der Waals surface area contributed by atoms with Crippen LogP contribution in [0, 0.1) is 0 Å². The summed E-state index contributed by atoms with van der Waals surface area (Å²) in [5.41, 5.74) is 1.61. The fraction of sp³-hybridized carbons (Fsp3) is 0.278. The molecule has 3 rings (SSSR count). The summed E-state index contributed by atoms with van der Waals surface area (Å²) >= 11 is 0. The maximum Gasteiger partial charge on any atom is 0.231 e. The number of methoxy groups -OCH3 is 2. The third-order valence-corrected chi connectivity index (χ3v) is 3.92. The normalized spacial score (nSPS) is 12.0. The molecule has 2 aromatic carbocycles. The van der Waals surface area contributed by atoms with Crippen LogP contribution >= 0.6 is 0 Å². The number of carbonyl (C=O) groups is 1. The Morgan fingerprint density at radius 2 is 1.79 bits per heavy atom. The number of rotatable bonds is 5. The van der Waals surface area contributed by atoms with Gasteiger partial charge in [-0.25, -0.2) is 0 Å². The van der Waals surface area contributed by atoms with Gasteiger partial charge in [-0.15, -0.1) is 0 Å². The molecule has 0 bridgehead atoms. The Morgan fingerprint density at radius 3 is 2.54 bits per heavy atom. The Bertz CT molecular complexity index is 759. The van der Waals surface area contributed by atoms with Crippen LogP contribution in [0.4, 0.5) is 5.69 Å². The lowest BCUT2D eigenvalue weighted by Crippen LogP contribution is -2.27. The Balaban J connectivity index is 1.74. The molecule has 0 fully saturated rings. The molecule has 0 aromatic heterocycles. The summed E-state index contributed by atoms with van der Waals surface area (Å²) < 4.78 is 21.1. The second-order valence-electron chi connectivity index (χ2n) is 5.36. The van der Waals surface area contributed by atoms with Crippen molar-refractivity contribution < 1.29 is 23.7 Å². The minimum Gasteiger partial charge on any atom is -0.493 e. The van der Waals surface area contributed by atoms with Crippen LogP contribution < -0.4 is 23.8 Å². The van der Waals surface area contributed by atoms with Gasteiger partial charge >= 0.3 is 0 Å². The average molecular weight is 329 g/mol. The van der Waals surface area contributed by atoms with Gasteiger partial charge in [-0.05, 0) is 29.8 Å². The molecular weight excluding hydrogens is 310 g/mol. The lowest BCUT2D eigenvalue weighted by atomic mass is 10.1. The van der Waals surface area contributed by atoms with Crippen molar-refractivity contribution >= 4 is 11.6 Å². The van der Waals surface area contributed by atoms with E-state index in [1.165, 1.54) is 0 Å². The quantitative estimate of drug-likeness (QED) is 0.844. The maximum atomic E-state index is 12.5. The average Bonchev–Trinajstić information content (AvgIpc) is 3.08. The van der Waals surface area contributed by atoms with Gasteiger partial charge in [0.15, 0.2) is 23.0 Å². The van der Waals surface area contributed by atoms with Gasteiger partial charge in [0.25, 0.3) is 0 Å². The molecule has 2 aromatic rings. The molecule has 0 atom stereocenters. The molecule has 6 heteroatoms. The number of likely N-dealkylation sites (N-methyl/N-ethyl adjacent to an activating group) is 1. The molecular formula is C18H19NO5. The predicted molar refractivity (Wildman–Crippen MR) is 89.2 cm³/mol. The number of fused-ring (bicyclic) bond motifs is 1. The van der Waals surface area contributed by atoms with Crippen LogP contribution in [0.2, 0.25) is 0 Å². The van der Waals surface area contributed by atoms with Crippen LogP contribution in [0.1, 0.15) is 5.56 Å². The van der Waals surface area contributed by atoms with Gasteiger partial charge in [0.05, 0.1) is 20.6 Å². The summed E-state index contributed by atoms with van der Waals surface area (Å²) in [5, 5.41) is 0. The molecule has 0 unspecified atom stereocenters. The van der Waals surface area contributed by atoms with E-state index in [9.17, 15) is 4.79 Å². The molecule has 0 saturated heterocycles. The van der Waals surface area contributed by atoms with Crippen LogP contribution in [0.15, 0.2) is 36.4 Å². The van der Waals surface area contributed by atoms with Gasteiger partial charge in [0, 0.05) is 18.8 Å². The van der Waals surface area contributed by atoms with E-state index < -0.39 is 0 Å². The molecule has 6 nitrogen and oxygen atoms in total. The van der Waals surface area contributed by atoms with Crippen LogP contribution in [0.25, 0.3) is 0 Å². The number of nitrogens with zero attached hydrogens (tertiary/aromatic N) is 1. The Morgan fingerprint density at radius 1 is 1.04 bits per heavy atom. The first-order valence-electron chi connectivity index (χ1n) is 7.49. The molecule has 0 spiro atoms. The van der Waals surface area contributed by atoms with Crippen molar-refractivity contribution in [1.29, 1.82) is 0 Å². The third kappa shape index (κ3) is 3.08. The number of anilines is 1. The highest BCUT2D eigenvalue weighted by molar-refractivity contribution is 5.94. The lowest BCUT2D eigenvalue weighted by Gasteiger charge is -2.18. The van der Waals surface area contributed by atoms with Crippen molar-refractivity contribution in [2.24, 2.45) is 0 Å². The minimum absolute atomic E-state index is 0.0407. The van der Waals surface area contributed by atoms with E-state index in [2.05, 4.69) is 0 Å². The smallest absolute Gasteiger partial charge is 0.231 e. The molecule has 1 amide bonds. The van der Waals surface area contributed by atoms with E-state index in [-0.39, 0.29) is 19.1 Å². The van der Waals surface area contributed by atoms with E-state index in [0.717, 1.165) is 11.3 Å². The monoisotopic (exact) mass is 329 g/mol. The van der Waals surface area contributed by atoms with Crippen molar-refractivity contribution in [1.82, 2.24) is 0 Å². The zero-order valence-electron chi connectivity index (χ0n) is 13.9. The summed E-state index contributed by atoms with van der Waals surface area (Å²) in [5.74, 6) is 2.55. The van der Waals surface area contributed by atoms with Gasteiger partial charge in [0.2, 0.25) is 12.7 Å². The van der Waals surface area contributed by atoms with Crippen molar-refractivity contribution in [3.63, 3.8) is 0 Å². The van der Waals surface area contributed by atoms with Crippen LogP contribution in [0.5, 0.6) is 23.0 Å². The van der Waals surface area contributed by atoms with Gasteiger partial charge in [-0.3, -0.25) is 4.79 Å². The molecule has 126 valence electrons. The van der Waals surface area contributed by atoms with Crippen LogP contribution in [0.3, 0.4) is 0 Å². The van der Waals surface area contributed by atoms with E-state index in [1.54, 1.807) is 44.4 Å². The summed E-state index contributed by atoms with van der Waals surface area (Å²) in [4.78, 5) is 14.1. The Kier molecular flexibility index (Phi) is 4.46. The van der Waals surface area contributed by atoms with Crippen molar-refractivity contribution in [2.75, 3.05) is 33.0 Å². The third-order valence-electron chi connectivity index (χ3n) is 3.92. The van der Waals surface area contributed by atoms with Gasteiger partial charge in [-0.2, -0.15) is 0 Å². The van der Waals surface area contributed by atoms with E-state index in [0.29, 0.717) is 23.0 Å². The van der Waals surface area contributed by atoms with Gasteiger partial charge < -0.3 is 23.8 Å². The minimum atomic E-state index is -0.0407. The molecule has 1 heterocycles. The number of benzene rings is 2. The first-order valence-corrected chi connectivity index (χ1v) is 7.49. The number of hydrogen-bond acceptors (Lipinski definition) is 5. The fourth-order valence-corrected chi connectivity index (χ4v) is 2.52. The SMILES string of the molecule is COc1ccc(CC(=O)N(C)c2ccc3c(c2)OCO3)cc1OC. The zero-order valence-corrected chi connectivity index (χ0v) is 13.9. The largest absolute Gasteiger partial charge is 0.493 e. The van der Waals surface area contributed by atoms with Crippen LogP contribution in [-0.2, 0) is 11.2 Å². The Hall–Kier alpha value is -2.89. The second-order valence-corrected chi connectivity index (χ2v) is 5.36. The molecule has 24 heavy (non-hydrogen) atoms. The highest BCUT2D eigenvalue weighted by Gasteiger charge is 2.18. The van der Waals surface area contributed by atoms with Gasteiger partial charge in [-0.1, -0.05) is 6.07 Å². The second kappa shape index (κ2) is 6.70. The highest BCUT2D eigenvalue weighted by Crippen LogP contribution is 2.35. The molecule has 1 aliphatic heterocycles. The zero-order chi connectivity index (χ0) is 17.1. The van der Waals surface area contributed by atoms with E-state index in [1.807, 2.05) is 18.2 Å². The number of ether oxygens (including phenoxy) is 4. The number of hydrogen-bond donors (Lipinski definition) is 0. The molecule has 0 radical (unpaired) electrons.